The Morgan fingerprint density at radius 1 is 1.09 bits per heavy atom. The number of H-pyrrole nitrogens is 1. The molecule has 2 heterocycles. The molecule has 0 bridgehead atoms. The zero-order valence-corrected chi connectivity index (χ0v) is 12.1. The molecule has 0 unspecified atom stereocenters. The van der Waals surface area contributed by atoms with E-state index in [9.17, 15) is 22.8 Å². The third-order valence-electron chi connectivity index (χ3n) is 3.88. The molecular weight excluding hydrogens is 311 g/mol. The van der Waals surface area contributed by atoms with Gasteiger partial charge in [-0.1, -0.05) is 30.3 Å². The van der Waals surface area contributed by atoms with Gasteiger partial charge in [-0.05, 0) is 5.56 Å². The number of hydrogen-bond acceptors (Lipinski definition) is 2. The Kier molecular flexibility index (Phi) is 3.75. The van der Waals surface area contributed by atoms with Gasteiger partial charge in [0.1, 0.15) is 0 Å². The molecule has 3 rings (SSSR count). The van der Waals surface area contributed by atoms with Gasteiger partial charge in [-0.2, -0.15) is 13.2 Å². The molecule has 0 radical (unpaired) electrons. The third-order valence-corrected chi connectivity index (χ3v) is 3.88. The molecule has 0 atom stereocenters. The van der Waals surface area contributed by atoms with E-state index in [1.807, 2.05) is 6.07 Å². The largest absolute Gasteiger partial charge is 0.471 e. The van der Waals surface area contributed by atoms with Crippen molar-refractivity contribution >= 4 is 5.91 Å². The molecule has 0 saturated carbocycles. The second kappa shape index (κ2) is 5.60. The molecule has 1 N–H and O–H groups in total. The summed E-state index contributed by atoms with van der Waals surface area (Å²) in [6, 6.07) is 8.93. The highest BCUT2D eigenvalue weighted by Crippen LogP contribution is 2.24. The van der Waals surface area contributed by atoms with Crippen LogP contribution in [0.15, 0.2) is 35.1 Å². The molecule has 0 fully saturated rings. The minimum absolute atomic E-state index is 0.0739. The molecule has 8 heteroatoms. The number of alkyl halides is 3. The fourth-order valence-electron chi connectivity index (χ4n) is 2.82. The molecule has 1 aromatic heterocycles. The zero-order chi connectivity index (χ0) is 16.6. The van der Waals surface area contributed by atoms with E-state index in [0.717, 1.165) is 4.90 Å². The number of hydrogen-bond donors (Lipinski definition) is 1. The number of rotatable bonds is 1. The van der Waals surface area contributed by atoms with Gasteiger partial charge in [-0.3, -0.25) is 19.4 Å². The molecule has 0 saturated heterocycles. The van der Waals surface area contributed by atoms with Crippen LogP contribution >= 0.6 is 0 Å². The number of amides is 1. The van der Waals surface area contributed by atoms with E-state index in [4.69, 9.17) is 0 Å². The maximum absolute atomic E-state index is 12.6. The van der Waals surface area contributed by atoms with Crippen LogP contribution in [0, 0.1) is 0 Å². The lowest BCUT2D eigenvalue weighted by molar-refractivity contribution is -0.185. The van der Waals surface area contributed by atoms with Gasteiger partial charge in [-0.25, -0.2) is 0 Å². The second-order valence-corrected chi connectivity index (χ2v) is 5.32. The van der Waals surface area contributed by atoms with Crippen molar-refractivity contribution in [3.05, 3.63) is 46.4 Å². The highest BCUT2D eigenvalue weighted by molar-refractivity contribution is 5.82. The molecule has 23 heavy (non-hydrogen) atoms. The van der Waals surface area contributed by atoms with Crippen LogP contribution in [0.2, 0.25) is 0 Å². The summed E-state index contributed by atoms with van der Waals surface area (Å²) in [6.07, 6.45) is -4.69. The fourth-order valence-corrected chi connectivity index (χ4v) is 2.82. The van der Waals surface area contributed by atoms with E-state index in [0.29, 0.717) is 16.8 Å². The summed E-state index contributed by atoms with van der Waals surface area (Å²) >= 11 is 0. The van der Waals surface area contributed by atoms with Crippen LogP contribution in [-0.4, -0.2) is 39.9 Å². The van der Waals surface area contributed by atoms with Gasteiger partial charge in [-0.15, -0.1) is 0 Å². The van der Waals surface area contributed by atoms with Crippen molar-refractivity contribution in [1.82, 2.24) is 14.7 Å². The molecule has 5 nitrogen and oxygen atoms in total. The fraction of sp³-hybridized carbons (Fsp3) is 0.333. The number of benzene rings is 1. The molecule has 0 spiro atoms. The summed E-state index contributed by atoms with van der Waals surface area (Å²) in [5, 5.41) is 2.64. The van der Waals surface area contributed by atoms with Crippen molar-refractivity contribution in [2.24, 2.45) is 0 Å². The van der Waals surface area contributed by atoms with E-state index in [1.165, 1.54) is 4.68 Å². The number of carbonyl (C=O) groups excluding carboxylic acids is 1. The predicted molar refractivity (Wildman–Crippen MR) is 76.8 cm³/mol. The average molecular weight is 325 g/mol. The van der Waals surface area contributed by atoms with E-state index in [1.54, 1.807) is 24.3 Å². The zero-order valence-electron chi connectivity index (χ0n) is 12.1. The van der Waals surface area contributed by atoms with Crippen molar-refractivity contribution in [2.45, 2.75) is 19.1 Å². The van der Waals surface area contributed by atoms with Crippen LogP contribution in [-0.2, 0) is 17.8 Å². The predicted octanol–water partition coefficient (Wildman–Crippen LogP) is 1.79. The Morgan fingerprint density at radius 2 is 1.78 bits per heavy atom. The maximum Gasteiger partial charge on any atom is 0.471 e. The monoisotopic (exact) mass is 325 g/mol. The molecule has 1 aliphatic rings. The Morgan fingerprint density at radius 3 is 2.43 bits per heavy atom. The van der Waals surface area contributed by atoms with E-state index >= 15 is 0 Å². The van der Waals surface area contributed by atoms with Gasteiger partial charge >= 0.3 is 12.1 Å². The number of nitrogens with zero attached hydrogens (tertiary/aromatic N) is 2. The van der Waals surface area contributed by atoms with Gasteiger partial charge in [0, 0.05) is 25.2 Å². The van der Waals surface area contributed by atoms with Crippen LogP contribution in [0.25, 0.3) is 11.1 Å². The number of aromatic nitrogens is 2. The van der Waals surface area contributed by atoms with Crippen molar-refractivity contribution < 1.29 is 18.0 Å². The second-order valence-electron chi connectivity index (χ2n) is 5.32. The normalized spacial score (nSPS) is 15.2. The lowest BCUT2D eigenvalue weighted by Gasteiger charge is -2.21. The number of aromatic amines is 1. The summed E-state index contributed by atoms with van der Waals surface area (Å²) in [5.41, 5.74) is 1.51. The van der Waals surface area contributed by atoms with Crippen molar-refractivity contribution in [2.75, 3.05) is 13.1 Å². The van der Waals surface area contributed by atoms with Gasteiger partial charge in [0.2, 0.25) is 0 Å². The molecule has 1 amide bonds. The van der Waals surface area contributed by atoms with Crippen LogP contribution in [0.4, 0.5) is 13.2 Å². The summed E-state index contributed by atoms with van der Waals surface area (Å²) in [4.78, 5) is 24.3. The number of halogens is 3. The van der Waals surface area contributed by atoms with Gasteiger partial charge < -0.3 is 4.90 Å². The minimum atomic E-state index is -4.88. The van der Waals surface area contributed by atoms with Crippen LogP contribution < -0.4 is 5.56 Å². The summed E-state index contributed by atoms with van der Waals surface area (Å²) in [7, 11) is 0. The van der Waals surface area contributed by atoms with Crippen LogP contribution in [0.3, 0.4) is 0 Å². The van der Waals surface area contributed by atoms with E-state index in [-0.39, 0.29) is 31.6 Å². The Bertz CT molecular complexity index is 778. The first-order valence-corrected chi connectivity index (χ1v) is 7.11. The molecule has 1 aliphatic heterocycles. The van der Waals surface area contributed by atoms with Gasteiger partial charge in [0.25, 0.3) is 5.56 Å². The molecule has 2 aromatic rings. The number of carbonyl (C=O) groups is 1. The first-order valence-electron chi connectivity index (χ1n) is 7.11. The topological polar surface area (TPSA) is 58.1 Å². The Hall–Kier alpha value is -2.51. The van der Waals surface area contributed by atoms with E-state index < -0.39 is 12.1 Å². The standard InChI is InChI=1S/C15H14F3N3O2/c16-15(17,18)14(23)20-7-6-11-12(10-4-2-1-3-5-10)13(22)19-21(11)9-8-20/h1-5H,6-9H2,(H,19,22). The number of nitrogens with one attached hydrogen (secondary N) is 1. The average Bonchev–Trinajstić information content (AvgIpc) is 2.69. The van der Waals surface area contributed by atoms with Gasteiger partial charge in [0.05, 0.1) is 12.1 Å². The smallest absolute Gasteiger partial charge is 0.333 e. The molecule has 1 aromatic carbocycles. The maximum atomic E-state index is 12.6. The molecular formula is C15H14F3N3O2. The highest BCUT2D eigenvalue weighted by Gasteiger charge is 2.42. The first kappa shape index (κ1) is 15.4. The van der Waals surface area contributed by atoms with Crippen LogP contribution in [0.5, 0.6) is 0 Å². The van der Waals surface area contributed by atoms with Crippen molar-refractivity contribution in [3.63, 3.8) is 0 Å². The summed E-state index contributed by atoms with van der Waals surface area (Å²) in [5.74, 6) is -1.84. The Labute approximate surface area is 129 Å². The van der Waals surface area contributed by atoms with Crippen molar-refractivity contribution in [1.29, 1.82) is 0 Å². The SMILES string of the molecule is O=C(N1CCc2c(-c3ccccc3)c(=O)[nH]n2CC1)C(F)(F)F. The third kappa shape index (κ3) is 2.88. The van der Waals surface area contributed by atoms with Gasteiger partial charge in [0.15, 0.2) is 0 Å². The van der Waals surface area contributed by atoms with E-state index in [2.05, 4.69) is 5.10 Å². The molecule has 0 aliphatic carbocycles. The quantitative estimate of drug-likeness (QED) is 0.869. The van der Waals surface area contributed by atoms with Crippen molar-refractivity contribution in [3.8, 4) is 11.1 Å². The highest BCUT2D eigenvalue weighted by atomic mass is 19.4. The number of fused-ring (bicyclic) bond motifs is 1. The lowest BCUT2D eigenvalue weighted by atomic mass is 10.0. The van der Waals surface area contributed by atoms with Crippen LogP contribution in [0.1, 0.15) is 5.69 Å². The Balaban J connectivity index is 1.92. The summed E-state index contributed by atoms with van der Waals surface area (Å²) < 4.78 is 39.3. The lowest BCUT2D eigenvalue weighted by Crippen LogP contribution is -2.42. The first-order chi connectivity index (χ1) is 10.9. The minimum Gasteiger partial charge on any atom is -0.333 e. The summed E-state index contributed by atoms with van der Waals surface area (Å²) in [6.45, 7) is -0.0428. The molecule has 122 valence electrons.